The Kier molecular flexibility index (Phi) is 7.56. The number of amidine groups is 2. The average Bonchev–Trinajstić information content (AvgIpc) is 3.58. The molecule has 0 bridgehead atoms. The maximum Gasteiger partial charge on any atom is 0.169 e. The summed E-state index contributed by atoms with van der Waals surface area (Å²) in [6, 6.07) is 55.8. The van der Waals surface area contributed by atoms with E-state index in [0.717, 1.165) is 60.8 Å². The van der Waals surface area contributed by atoms with E-state index in [1.54, 1.807) is 0 Å². The number of anilines is 1. The Hall–Kier alpha value is -7.03. The fraction of sp³-hybridized carbons (Fsp3) is 0.0217. The van der Waals surface area contributed by atoms with Crippen molar-refractivity contribution in [2.75, 3.05) is 5.73 Å². The monoisotopic (exact) mass is 713 g/mol. The van der Waals surface area contributed by atoms with Crippen LogP contribution in [0.15, 0.2) is 178 Å². The molecule has 7 aromatic carbocycles. The Balaban J connectivity index is 1.19. The van der Waals surface area contributed by atoms with Crippen LogP contribution in [0.25, 0.3) is 60.4 Å². The van der Waals surface area contributed by atoms with E-state index < -0.39 is 6.17 Å². The first-order valence-electron chi connectivity index (χ1n) is 17.8. The number of pyridine rings is 1. The molecule has 0 amide bonds. The van der Waals surface area contributed by atoms with Gasteiger partial charge in [0.05, 0.1) is 27.9 Å². The second kappa shape index (κ2) is 12.9. The number of rotatable bonds is 6. The second-order valence-corrected chi connectivity index (χ2v) is 13.5. The molecular formula is C46H31N7S. The number of benzene rings is 7. The van der Waals surface area contributed by atoms with Gasteiger partial charge in [0.25, 0.3) is 0 Å². The van der Waals surface area contributed by atoms with Crippen molar-refractivity contribution in [3.05, 3.63) is 180 Å². The van der Waals surface area contributed by atoms with E-state index >= 15 is 0 Å². The zero-order valence-corrected chi connectivity index (χ0v) is 29.7. The van der Waals surface area contributed by atoms with Crippen molar-refractivity contribution in [2.24, 2.45) is 14.3 Å². The molecule has 0 aliphatic carbocycles. The van der Waals surface area contributed by atoms with Gasteiger partial charge in [-0.05, 0) is 36.4 Å². The molecule has 1 unspecified atom stereocenters. The van der Waals surface area contributed by atoms with Crippen molar-refractivity contribution in [1.29, 1.82) is 0 Å². The van der Waals surface area contributed by atoms with Gasteiger partial charge in [0.15, 0.2) is 6.17 Å². The Morgan fingerprint density at radius 3 is 1.91 bits per heavy atom. The first-order chi connectivity index (χ1) is 26.7. The van der Waals surface area contributed by atoms with Crippen LogP contribution in [0.2, 0.25) is 0 Å². The highest BCUT2D eigenvalue weighted by atomic mass is 32.1. The van der Waals surface area contributed by atoms with E-state index in [0.29, 0.717) is 28.6 Å². The van der Waals surface area contributed by atoms with Crippen molar-refractivity contribution in [3.8, 4) is 16.9 Å². The van der Waals surface area contributed by atoms with E-state index in [1.165, 1.54) is 10.8 Å². The zero-order chi connectivity index (χ0) is 36.2. The summed E-state index contributed by atoms with van der Waals surface area (Å²) in [4.78, 5) is 15.6. The minimum absolute atomic E-state index is 0.436. The van der Waals surface area contributed by atoms with Crippen LogP contribution >= 0.6 is 0 Å². The Morgan fingerprint density at radius 2 is 1.20 bits per heavy atom. The molecule has 1 aliphatic rings. The molecular weight excluding hydrogens is 683 g/mol. The maximum absolute atomic E-state index is 7.09. The minimum Gasteiger partial charge on any atom is -0.396 e. The van der Waals surface area contributed by atoms with Gasteiger partial charge in [-0.15, -0.1) is 0 Å². The molecule has 0 saturated heterocycles. The van der Waals surface area contributed by atoms with E-state index in [9.17, 15) is 0 Å². The molecule has 3 N–H and O–H groups in total. The molecule has 3 heterocycles. The number of nitrogens with two attached hydrogens (primary N) is 1. The SMILES string of the molecule is Nc1c(C2=NC(c3cccc(-n4c5ccccc5c5ccccc54)c3)N=C(c3ccccc3)N2)cc2c(-c3ccccc3)nc3ccccc3c2c1N=S. The zero-order valence-electron chi connectivity index (χ0n) is 28.9. The number of para-hydroxylation sites is 3. The van der Waals surface area contributed by atoms with E-state index in [2.05, 4.69) is 105 Å². The van der Waals surface area contributed by atoms with Crippen LogP contribution in [-0.4, -0.2) is 21.2 Å². The highest BCUT2D eigenvalue weighted by molar-refractivity contribution is 7.47. The lowest BCUT2D eigenvalue weighted by Crippen LogP contribution is -2.36. The molecule has 9 aromatic rings. The van der Waals surface area contributed by atoms with Crippen LogP contribution in [0.5, 0.6) is 0 Å². The van der Waals surface area contributed by atoms with Crippen molar-refractivity contribution >= 4 is 79.0 Å². The van der Waals surface area contributed by atoms with Crippen LogP contribution in [0.4, 0.5) is 11.4 Å². The van der Waals surface area contributed by atoms with Crippen molar-refractivity contribution in [3.63, 3.8) is 0 Å². The van der Waals surface area contributed by atoms with Crippen molar-refractivity contribution < 1.29 is 0 Å². The number of hydrogen-bond acceptors (Lipinski definition) is 7. The lowest BCUT2D eigenvalue weighted by atomic mass is 9.95. The summed E-state index contributed by atoms with van der Waals surface area (Å²) >= 11 is 5.48. The van der Waals surface area contributed by atoms with Gasteiger partial charge < -0.3 is 15.6 Å². The Morgan fingerprint density at radius 1 is 0.593 bits per heavy atom. The average molecular weight is 714 g/mol. The first kappa shape index (κ1) is 31.7. The molecule has 1 atom stereocenters. The van der Waals surface area contributed by atoms with Gasteiger partial charge in [-0.1, -0.05) is 127 Å². The summed E-state index contributed by atoms with van der Waals surface area (Å²) in [5, 5.41) is 8.63. The van der Waals surface area contributed by atoms with Gasteiger partial charge in [-0.2, -0.15) is 4.36 Å². The number of nitrogen functional groups attached to an aromatic ring is 1. The van der Waals surface area contributed by atoms with Crippen LogP contribution in [0, 0.1) is 0 Å². The number of nitrogens with zero attached hydrogens (tertiary/aromatic N) is 5. The second-order valence-electron chi connectivity index (χ2n) is 13.3. The number of aliphatic imine (C=N–C) groups is 2. The first-order valence-corrected chi connectivity index (χ1v) is 18.1. The molecule has 10 rings (SSSR count). The van der Waals surface area contributed by atoms with Crippen LogP contribution in [0.3, 0.4) is 0 Å². The number of fused-ring (bicyclic) bond motifs is 6. The summed E-state index contributed by atoms with van der Waals surface area (Å²) in [5.41, 5.74) is 16.5. The molecule has 54 heavy (non-hydrogen) atoms. The van der Waals surface area contributed by atoms with E-state index in [4.69, 9.17) is 33.1 Å². The summed E-state index contributed by atoms with van der Waals surface area (Å²) in [6.45, 7) is 0. The summed E-state index contributed by atoms with van der Waals surface area (Å²) in [7, 11) is 0. The van der Waals surface area contributed by atoms with Gasteiger partial charge in [-0.3, -0.25) is 0 Å². The lowest BCUT2D eigenvalue weighted by molar-refractivity contribution is 0.755. The molecule has 0 saturated carbocycles. The maximum atomic E-state index is 7.09. The van der Waals surface area contributed by atoms with E-state index in [-0.39, 0.29) is 0 Å². The number of hydrogen-bond donors (Lipinski definition) is 2. The molecule has 7 nitrogen and oxygen atoms in total. The number of aromatic nitrogens is 2. The smallest absolute Gasteiger partial charge is 0.169 e. The van der Waals surface area contributed by atoms with Gasteiger partial charge in [0.1, 0.15) is 17.4 Å². The summed E-state index contributed by atoms with van der Waals surface area (Å²) in [6.07, 6.45) is -0.577. The summed E-state index contributed by atoms with van der Waals surface area (Å²) < 4.78 is 6.71. The third-order valence-electron chi connectivity index (χ3n) is 10.2. The predicted octanol–water partition coefficient (Wildman–Crippen LogP) is 10.6. The highest BCUT2D eigenvalue weighted by Gasteiger charge is 2.26. The standard InChI is InChI=1S/C46H31N7S/c47-41-36(27-35-40(43(41)52-54)34-22-7-10-23-37(34)48-42(35)28-14-3-1-4-15-28)46-50-44(29-16-5-2-6-17-29)49-45(51-46)30-18-13-19-31(26-30)53-38-24-11-8-20-32(38)33-21-9-12-25-39(33)53/h1-27,45H,47H2,(H,49,50,51). The molecule has 0 spiro atoms. The van der Waals surface area contributed by atoms with Crippen LogP contribution < -0.4 is 11.1 Å². The normalized spacial score (nSPS) is 14.3. The van der Waals surface area contributed by atoms with E-state index in [1.807, 2.05) is 72.8 Å². The quantitative estimate of drug-likeness (QED) is 0.133. The van der Waals surface area contributed by atoms with Gasteiger partial charge in [-0.25, -0.2) is 15.0 Å². The lowest BCUT2D eigenvalue weighted by Gasteiger charge is -2.24. The fourth-order valence-electron chi connectivity index (χ4n) is 7.72. The third kappa shape index (κ3) is 5.15. The summed E-state index contributed by atoms with van der Waals surface area (Å²) in [5.74, 6) is 1.26. The molecule has 2 aromatic heterocycles. The molecule has 0 radical (unpaired) electrons. The molecule has 256 valence electrons. The largest absolute Gasteiger partial charge is 0.396 e. The van der Waals surface area contributed by atoms with Gasteiger partial charge in [0.2, 0.25) is 0 Å². The highest BCUT2D eigenvalue weighted by Crippen LogP contribution is 2.43. The minimum atomic E-state index is -0.577. The molecule has 0 fully saturated rings. The third-order valence-corrected chi connectivity index (χ3v) is 10.4. The van der Waals surface area contributed by atoms with Gasteiger partial charge in [0, 0.05) is 67.3 Å². The Labute approximate surface area is 316 Å². The molecule has 1 aliphatic heterocycles. The topological polar surface area (TPSA) is 92.9 Å². The predicted molar refractivity (Wildman–Crippen MR) is 225 cm³/mol. The fourth-order valence-corrected chi connectivity index (χ4v) is 7.91. The number of nitrogens with one attached hydrogen (secondary N) is 1. The van der Waals surface area contributed by atoms with Crippen molar-refractivity contribution in [2.45, 2.75) is 6.17 Å². The van der Waals surface area contributed by atoms with Crippen LogP contribution in [0.1, 0.15) is 22.9 Å². The van der Waals surface area contributed by atoms with Crippen molar-refractivity contribution in [1.82, 2.24) is 14.9 Å². The molecule has 8 heteroatoms. The van der Waals surface area contributed by atoms with Crippen LogP contribution in [-0.2, 0) is 12.4 Å². The van der Waals surface area contributed by atoms with Gasteiger partial charge >= 0.3 is 0 Å². The Bertz CT molecular complexity index is 2950.